The molecule has 0 aliphatic carbocycles. The van der Waals surface area contributed by atoms with Gasteiger partial charge in [0, 0.05) is 39.6 Å². The molecule has 0 saturated heterocycles. The van der Waals surface area contributed by atoms with Crippen molar-refractivity contribution in [1.29, 1.82) is 0 Å². The van der Waals surface area contributed by atoms with E-state index in [0.29, 0.717) is 5.15 Å². The third-order valence-corrected chi connectivity index (χ3v) is 4.35. The Morgan fingerprint density at radius 3 is 3.00 bits per heavy atom. The molecule has 16 heavy (non-hydrogen) atoms. The summed E-state index contributed by atoms with van der Waals surface area (Å²) in [6, 6.07) is 1.96. The summed E-state index contributed by atoms with van der Waals surface area (Å²) < 4.78 is 1.75. The second kappa shape index (κ2) is 3.75. The number of hydrogen-bond acceptors (Lipinski definition) is 4. The number of fused-ring (bicyclic) bond motifs is 3. The van der Waals surface area contributed by atoms with Crippen LogP contribution in [0.2, 0.25) is 5.15 Å². The van der Waals surface area contributed by atoms with Gasteiger partial charge in [0.15, 0.2) is 3.83 Å². The van der Waals surface area contributed by atoms with E-state index in [9.17, 15) is 0 Å². The van der Waals surface area contributed by atoms with Crippen LogP contribution in [0.25, 0.3) is 20.3 Å². The monoisotopic (exact) mass is 361 g/mol. The Bertz CT molecular complexity index is 710. The van der Waals surface area contributed by atoms with Gasteiger partial charge in [-0.2, -0.15) is 0 Å². The molecule has 0 aliphatic rings. The predicted molar refractivity (Wildman–Crippen MR) is 75.2 cm³/mol. The molecule has 0 aliphatic heterocycles. The Labute approximate surface area is 114 Å². The molecule has 0 spiro atoms. The molecule has 3 heterocycles. The first kappa shape index (κ1) is 10.6. The smallest absolute Gasteiger partial charge is 0.192 e. The summed E-state index contributed by atoms with van der Waals surface area (Å²) in [6.07, 6.45) is 1.72. The first-order valence-electron chi connectivity index (χ1n) is 4.53. The summed E-state index contributed by atoms with van der Waals surface area (Å²) in [7, 11) is 0. The van der Waals surface area contributed by atoms with Crippen LogP contribution in [0, 0.1) is 10.8 Å². The third kappa shape index (κ3) is 1.49. The normalized spacial score (nSPS) is 11.4. The molecule has 0 aromatic carbocycles. The van der Waals surface area contributed by atoms with Gasteiger partial charge in [-0.3, -0.25) is 0 Å². The van der Waals surface area contributed by atoms with Crippen LogP contribution in [0.1, 0.15) is 5.69 Å². The zero-order chi connectivity index (χ0) is 11.3. The Hall–Kier alpha value is -0.530. The number of halogens is 2. The SMILES string of the molecule is Cc1nc(I)nc2sc3c(Cl)nccc3c12. The zero-order valence-electron chi connectivity index (χ0n) is 8.16. The molecule has 3 nitrogen and oxygen atoms in total. The number of aryl methyl sites for hydroxylation is 1. The number of thiophene rings is 1. The van der Waals surface area contributed by atoms with Gasteiger partial charge in [0.25, 0.3) is 0 Å². The van der Waals surface area contributed by atoms with Crippen LogP contribution in [0.3, 0.4) is 0 Å². The highest BCUT2D eigenvalue weighted by Crippen LogP contribution is 2.36. The lowest BCUT2D eigenvalue weighted by atomic mass is 10.2. The second-order valence-corrected chi connectivity index (χ2v) is 5.66. The number of rotatable bonds is 0. The number of nitrogens with zero attached hydrogens (tertiary/aromatic N) is 3. The summed E-state index contributed by atoms with van der Waals surface area (Å²) in [4.78, 5) is 13.8. The van der Waals surface area contributed by atoms with E-state index in [1.807, 2.05) is 13.0 Å². The van der Waals surface area contributed by atoms with Crippen LogP contribution >= 0.6 is 45.5 Å². The van der Waals surface area contributed by atoms with E-state index in [4.69, 9.17) is 11.6 Å². The summed E-state index contributed by atoms with van der Waals surface area (Å²) in [6.45, 7) is 1.99. The van der Waals surface area contributed by atoms with Crippen LogP contribution < -0.4 is 0 Å². The molecule has 0 bridgehead atoms. The first-order valence-corrected chi connectivity index (χ1v) is 6.81. The van der Waals surface area contributed by atoms with Gasteiger partial charge in [-0.1, -0.05) is 11.6 Å². The summed E-state index contributed by atoms with van der Waals surface area (Å²) >= 11 is 9.76. The zero-order valence-corrected chi connectivity index (χ0v) is 11.9. The molecular weight excluding hydrogens is 357 g/mol. The highest BCUT2D eigenvalue weighted by molar-refractivity contribution is 14.1. The van der Waals surface area contributed by atoms with E-state index in [-0.39, 0.29) is 0 Å². The minimum Gasteiger partial charge on any atom is -0.243 e. The Kier molecular flexibility index (Phi) is 2.49. The molecule has 0 atom stereocenters. The average Bonchev–Trinajstić information content (AvgIpc) is 2.57. The first-order chi connectivity index (χ1) is 7.66. The maximum atomic E-state index is 6.07. The van der Waals surface area contributed by atoms with Crippen LogP contribution in [0.5, 0.6) is 0 Å². The maximum absolute atomic E-state index is 6.07. The molecule has 0 saturated carbocycles. The number of aromatic nitrogens is 3. The molecule has 80 valence electrons. The van der Waals surface area contributed by atoms with Crippen molar-refractivity contribution in [3.63, 3.8) is 0 Å². The quantitative estimate of drug-likeness (QED) is 0.347. The number of hydrogen-bond donors (Lipinski definition) is 0. The molecule has 3 aromatic heterocycles. The Morgan fingerprint density at radius 1 is 1.38 bits per heavy atom. The topological polar surface area (TPSA) is 38.7 Å². The highest BCUT2D eigenvalue weighted by atomic mass is 127. The van der Waals surface area contributed by atoms with Gasteiger partial charge in [0.1, 0.15) is 9.98 Å². The van der Waals surface area contributed by atoms with Crippen LogP contribution in [0.15, 0.2) is 12.3 Å². The van der Waals surface area contributed by atoms with Crippen LogP contribution in [-0.4, -0.2) is 15.0 Å². The molecule has 0 fully saturated rings. The number of pyridine rings is 1. The molecule has 0 N–H and O–H groups in total. The van der Waals surface area contributed by atoms with Crippen molar-refractivity contribution < 1.29 is 0 Å². The van der Waals surface area contributed by atoms with Gasteiger partial charge in [-0.05, 0) is 13.0 Å². The average molecular weight is 362 g/mol. The molecule has 0 amide bonds. The fourth-order valence-electron chi connectivity index (χ4n) is 1.71. The highest BCUT2D eigenvalue weighted by Gasteiger charge is 2.12. The molecule has 3 aromatic rings. The molecule has 0 radical (unpaired) electrons. The summed E-state index contributed by atoms with van der Waals surface area (Å²) in [5, 5.41) is 2.72. The van der Waals surface area contributed by atoms with Gasteiger partial charge in [-0.25, -0.2) is 15.0 Å². The fraction of sp³-hybridized carbons (Fsp3) is 0.100. The minimum absolute atomic E-state index is 0.537. The van der Waals surface area contributed by atoms with E-state index in [1.54, 1.807) is 17.5 Å². The molecule has 6 heteroatoms. The van der Waals surface area contributed by atoms with Crippen molar-refractivity contribution >= 4 is 65.8 Å². The lowest BCUT2D eigenvalue weighted by molar-refractivity contribution is 1.11. The molecule has 0 unspecified atom stereocenters. The van der Waals surface area contributed by atoms with E-state index in [0.717, 1.165) is 29.8 Å². The Morgan fingerprint density at radius 2 is 2.19 bits per heavy atom. The van der Waals surface area contributed by atoms with Gasteiger partial charge in [0.05, 0.1) is 10.4 Å². The summed E-state index contributed by atoms with van der Waals surface area (Å²) in [5.74, 6) is 0. The van der Waals surface area contributed by atoms with Crippen molar-refractivity contribution in [3.05, 3.63) is 26.9 Å². The van der Waals surface area contributed by atoms with Gasteiger partial charge in [0.2, 0.25) is 0 Å². The minimum atomic E-state index is 0.537. The standard InChI is InChI=1S/C10H5ClIN3S/c1-4-6-5-2-3-13-8(11)7(5)16-9(6)15-10(12)14-4/h2-3H,1H3. The largest absolute Gasteiger partial charge is 0.243 e. The van der Waals surface area contributed by atoms with Crippen molar-refractivity contribution in [2.75, 3.05) is 0 Å². The van der Waals surface area contributed by atoms with E-state index >= 15 is 0 Å². The second-order valence-electron chi connectivity index (χ2n) is 3.34. The van der Waals surface area contributed by atoms with Gasteiger partial charge in [-0.15, -0.1) is 11.3 Å². The maximum Gasteiger partial charge on any atom is 0.192 e. The van der Waals surface area contributed by atoms with E-state index in [2.05, 4.69) is 37.5 Å². The summed E-state index contributed by atoms with van der Waals surface area (Å²) in [5.41, 5.74) is 0.989. The van der Waals surface area contributed by atoms with Crippen molar-refractivity contribution in [2.24, 2.45) is 0 Å². The third-order valence-electron chi connectivity index (χ3n) is 2.36. The van der Waals surface area contributed by atoms with E-state index < -0.39 is 0 Å². The molecular formula is C10H5ClIN3S. The predicted octanol–water partition coefficient (Wildman–Crippen LogP) is 3.81. The van der Waals surface area contributed by atoms with Crippen molar-refractivity contribution in [3.8, 4) is 0 Å². The van der Waals surface area contributed by atoms with Crippen molar-refractivity contribution in [2.45, 2.75) is 6.92 Å². The van der Waals surface area contributed by atoms with Crippen LogP contribution in [0.4, 0.5) is 0 Å². The van der Waals surface area contributed by atoms with E-state index in [1.165, 1.54) is 0 Å². The van der Waals surface area contributed by atoms with Gasteiger partial charge >= 0.3 is 0 Å². The lowest BCUT2D eigenvalue weighted by Gasteiger charge is -1.96. The molecule has 3 rings (SSSR count). The van der Waals surface area contributed by atoms with Crippen LogP contribution in [-0.2, 0) is 0 Å². The Balaban J connectivity index is 2.61. The van der Waals surface area contributed by atoms with Gasteiger partial charge < -0.3 is 0 Å². The van der Waals surface area contributed by atoms with Crippen molar-refractivity contribution in [1.82, 2.24) is 15.0 Å². The fourth-order valence-corrected chi connectivity index (χ4v) is 3.85. The lowest BCUT2D eigenvalue weighted by Crippen LogP contribution is -1.89.